The van der Waals surface area contributed by atoms with Gasteiger partial charge in [0, 0.05) is 5.56 Å². The highest BCUT2D eigenvalue weighted by Gasteiger charge is 2.10. The van der Waals surface area contributed by atoms with Crippen molar-refractivity contribution in [3.63, 3.8) is 0 Å². The number of aromatic nitrogens is 2. The number of carbonyl (C=O) groups excluding carboxylic acids is 1. The summed E-state index contributed by atoms with van der Waals surface area (Å²) >= 11 is 1.97. The van der Waals surface area contributed by atoms with Crippen LogP contribution >= 0.6 is 22.6 Å². The molecular weight excluding hydrogens is 357 g/mol. The number of nitrogens with zero attached hydrogens (tertiary/aromatic N) is 2. The van der Waals surface area contributed by atoms with Crippen LogP contribution in [0.3, 0.4) is 0 Å². The maximum atomic E-state index is 12.1. The van der Waals surface area contributed by atoms with Gasteiger partial charge in [-0.2, -0.15) is 0 Å². The van der Waals surface area contributed by atoms with Gasteiger partial charge in [0.05, 0.1) is 22.1 Å². The second kappa shape index (κ2) is 5.52. The second-order valence-corrected chi connectivity index (χ2v) is 5.18. The Balaban J connectivity index is 2.46. The maximum Gasteiger partial charge on any atom is 0.267 e. The predicted octanol–water partition coefficient (Wildman–Crippen LogP) is 1.30. The van der Waals surface area contributed by atoms with Crippen molar-refractivity contribution in [2.45, 2.75) is 13.5 Å². The van der Waals surface area contributed by atoms with E-state index in [1.807, 2.05) is 22.6 Å². The molecule has 0 aliphatic carbocycles. The van der Waals surface area contributed by atoms with Gasteiger partial charge < -0.3 is 5.73 Å². The minimum Gasteiger partial charge on any atom is -0.366 e. The van der Waals surface area contributed by atoms with E-state index in [-0.39, 0.29) is 12.1 Å². The van der Waals surface area contributed by atoms with Crippen molar-refractivity contribution < 1.29 is 4.79 Å². The molecule has 0 aliphatic heterocycles. The Morgan fingerprint density at radius 1 is 1.42 bits per heavy atom. The van der Waals surface area contributed by atoms with Gasteiger partial charge in [0.2, 0.25) is 5.91 Å². The normalized spacial score (nSPS) is 10.4. The second-order valence-electron chi connectivity index (χ2n) is 4.10. The van der Waals surface area contributed by atoms with Gasteiger partial charge in [-0.1, -0.05) is 18.2 Å². The molecule has 0 aliphatic rings. The molecule has 0 bridgehead atoms. The zero-order valence-electron chi connectivity index (χ0n) is 10.3. The first-order valence-corrected chi connectivity index (χ1v) is 6.68. The monoisotopic (exact) mass is 369 g/mol. The van der Waals surface area contributed by atoms with E-state index in [1.165, 1.54) is 10.9 Å². The van der Waals surface area contributed by atoms with Crippen molar-refractivity contribution in [1.82, 2.24) is 9.55 Å². The van der Waals surface area contributed by atoms with E-state index in [2.05, 4.69) is 4.98 Å². The van der Waals surface area contributed by atoms with Crippen molar-refractivity contribution >= 4 is 28.5 Å². The summed E-state index contributed by atoms with van der Waals surface area (Å²) in [6.45, 7) is 2.06. The van der Waals surface area contributed by atoms with E-state index in [1.54, 1.807) is 31.2 Å². The molecule has 0 radical (unpaired) electrons. The van der Waals surface area contributed by atoms with Crippen LogP contribution in [0, 0.1) is 10.5 Å². The summed E-state index contributed by atoms with van der Waals surface area (Å²) in [7, 11) is 0. The minimum atomic E-state index is -0.501. The highest BCUT2D eigenvalue weighted by Crippen LogP contribution is 2.10. The van der Waals surface area contributed by atoms with E-state index >= 15 is 0 Å². The van der Waals surface area contributed by atoms with Gasteiger partial charge in [-0.25, -0.2) is 4.98 Å². The van der Waals surface area contributed by atoms with Crippen molar-refractivity contribution in [3.8, 4) is 0 Å². The molecule has 0 saturated carbocycles. The first-order valence-electron chi connectivity index (χ1n) is 5.60. The molecule has 2 N–H and O–H groups in total. The summed E-state index contributed by atoms with van der Waals surface area (Å²) < 4.78 is 2.05. The number of hydrogen-bond donors (Lipinski definition) is 1. The van der Waals surface area contributed by atoms with Crippen molar-refractivity contribution in [1.29, 1.82) is 0 Å². The van der Waals surface area contributed by atoms with E-state index in [0.29, 0.717) is 20.4 Å². The Bertz CT molecular complexity index is 695. The quantitative estimate of drug-likeness (QED) is 0.829. The van der Waals surface area contributed by atoms with Gasteiger partial charge in [-0.3, -0.25) is 14.2 Å². The molecule has 2 rings (SSSR count). The zero-order valence-corrected chi connectivity index (χ0v) is 12.4. The number of carbonyl (C=O) groups is 1. The fourth-order valence-corrected chi connectivity index (χ4v) is 2.19. The summed E-state index contributed by atoms with van der Waals surface area (Å²) in [6.07, 6.45) is 1.48. The third kappa shape index (κ3) is 2.83. The number of benzene rings is 1. The predicted molar refractivity (Wildman–Crippen MR) is 80.0 cm³/mol. The average Bonchev–Trinajstić information content (AvgIpc) is 2.40. The van der Waals surface area contributed by atoms with E-state index in [0.717, 1.165) is 0 Å². The Kier molecular flexibility index (Phi) is 3.98. The third-order valence-corrected chi connectivity index (χ3v) is 4.02. The lowest BCUT2D eigenvalue weighted by atomic mass is 10.1. The molecule has 2 aromatic rings. The molecule has 6 heteroatoms. The van der Waals surface area contributed by atoms with E-state index in [9.17, 15) is 9.59 Å². The van der Waals surface area contributed by atoms with Crippen LogP contribution < -0.4 is 11.3 Å². The van der Waals surface area contributed by atoms with Crippen molar-refractivity contribution in [2.75, 3.05) is 0 Å². The number of rotatable bonds is 3. The fraction of sp³-hybridized carbons (Fsp3) is 0.154. The largest absolute Gasteiger partial charge is 0.366 e. The van der Waals surface area contributed by atoms with E-state index in [4.69, 9.17) is 5.73 Å². The molecule has 1 amide bonds. The lowest BCUT2D eigenvalue weighted by molar-refractivity contribution is 0.0999. The molecule has 19 heavy (non-hydrogen) atoms. The van der Waals surface area contributed by atoms with Gasteiger partial charge in [-0.05, 0) is 41.1 Å². The Morgan fingerprint density at radius 2 is 2.11 bits per heavy atom. The topological polar surface area (TPSA) is 78.0 Å². The van der Waals surface area contributed by atoms with Crippen LogP contribution in [-0.2, 0) is 6.54 Å². The molecule has 1 heterocycles. The highest BCUT2D eigenvalue weighted by molar-refractivity contribution is 14.1. The number of aryl methyl sites for hydroxylation is 1. The standard InChI is InChI=1S/C13H12IN3O2/c1-8-11(14)13(19)17(7-16-8)6-9-4-2-3-5-10(9)12(15)18/h2-5,7H,6H2,1H3,(H2,15,18). The number of hydrogen-bond acceptors (Lipinski definition) is 3. The molecule has 1 aromatic heterocycles. The van der Waals surface area contributed by atoms with Gasteiger partial charge in [0.15, 0.2) is 0 Å². The molecule has 98 valence electrons. The molecule has 0 saturated heterocycles. The number of halogens is 1. The highest BCUT2D eigenvalue weighted by atomic mass is 127. The van der Waals surface area contributed by atoms with Gasteiger partial charge in [-0.15, -0.1) is 0 Å². The summed E-state index contributed by atoms with van der Waals surface area (Å²) in [5.74, 6) is -0.501. The van der Waals surface area contributed by atoms with Crippen LogP contribution in [-0.4, -0.2) is 15.5 Å². The molecular formula is C13H12IN3O2. The van der Waals surface area contributed by atoms with Crippen molar-refractivity contribution in [2.24, 2.45) is 5.73 Å². The number of nitrogens with two attached hydrogens (primary N) is 1. The van der Waals surface area contributed by atoms with Crippen LogP contribution in [0.4, 0.5) is 0 Å². The van der Waals surface area contributed by atoms with Crippen LogP contribution in [0.1, 0.15) is 21.6 Å². The summed E-state index contributed by atoms with van der Waals surface area (Å²) in [5.41, 5.74) is 7.03. The fourth-order valence-electron chi connectivity index (χ4n) is 1.74. The van der Waals surface area contributed by atoms with Gasteiger partial charge in [0.25, 0.3) is 5.56 Å². The van der Waals surface area contributed by atoms with Gasteiger partial charge in [0.1, 0.15) is 0 Å². The average molecular weight is 369 g/mol. The zero-order chi connectivity index (χ0) is 14.0. The first kappa shape index (κ1) is 13.7. The minimum absolute atomic E-state index is 0.118. The maximum absolute atomic E-state index is 12.1. The number of primary amides is 1. The van der Waals surface area contributed by atoms with Crippen LogP contribution in [0.25, 0.3) is 0 Å². The van der Waals surface area contributed by atoms with E-state index < -0.39 is 5.91 Å². The molecule has 0 spiro atoms. The summed E-state index contributed by atoms with van der Waals surface area (Å²) in [5, 5.41) is 0. The smallest absolute Gasteiger partial charge is 0.267 e. The lowest BCUT2D eigenvalue weighted by Crippen LogP contribution is -2.25. The molecule has 0 fully saturated rings. The number of amides is 1. The molecule has 0 unspecified atom stereocenters. The molecule has 5 nitrogen and oxygen atoms in total. The SMILES string of the molecule is Cc1ncn(Cc2ccccc2C(N)=O)c(=O)c1I. The first-order chi connectivity index (χ1) is 9.00. The van der Waals surface area contributed by atoms with Crippen LogP contribution in [0.15, 0.2) is 35.4 Å². The third-order valence-electron chi connectivity index (χ3n) is 2.78. The molecule has 0 atom stereocenters. The Hall–Kier alpha value is -1.70. The molecule has 1 aromatic carbocycles. The lowest BCUT2D eigenvalue weighted by Gasteiger charge is -2.09. The van der Waals surface area contributed by atoms with Crippen LogP contribution in [0.5, 0.6) is 0 Å². The summed E-state index contributed by atoms with van der Waals surface area (Å²) in [4.78, 5) is 27.6. The van der Waals surface area contributed by atoms with Crippen molar-refractivity contribution in [3.05, 3.63) is 61.3 Å². The summed E-state index contributed by atoms with van der Waals surface area (Å²) in [6, 6.07) is 6.97. The Morgan fingerprint density at radius 3 is 2.79 bits per heavy atom. The van der Waals surface area contributed by atoms with Gasteiger partial charge >= 0.3 is 0 Å². The van der Waals surface area contributed by atoms with Crippen LogP contribution in [0.2, 0.25) is 0 Å². The Labute approximate surface area is 123 Å².